The lowest BCUT2D eigenvalue weighted by Gasteiger charge is -2.20. The van der Waals surface area contributed by atoms with Gasteiger partial charge in [-0.2, -0.15) is 0 Å². The van der Waals surface area contributed by atoms with E-state index >= 15 is 0 Å². The molecule has 0 bridgehead atoms. The summed E-state index contributed by atoms with van der Waals surface area (Å²) in [7, 11) is 5.90. The molecule has 0 heterocycles. The Morgan fingerprint density at radius 2 is 1.92 bits per heavy atom. The summed E-state index contributed by atoms with van der Waals surface area (Å²) in [6.07, 6.45) is 0.301. The van der Waals surface area contributed by atoms with Crippen LogP contribution in [-0.2, 0) is 4.74 Å². The van der Waals surface area contributed by atoms with Gasteiger partial charge in [0.15, 0.2) is 0 Å². The van der Waals surface area contributed by atoms with Gasteiger partial charge in [-0.3, -0.25) is 0 Å². The van der Waals surface area contributed by atoms with Gasteiger partial charge in [0.25, 0.3) is 0 Å². The van der Waals surface area contributed by atoms with Crippen LogP contribution < -0.4 is 5.32 Å². The number of likely N-dealkylation sites (N-methyl/N-ethyl adjacent to an activating group) is 1. The Kier molecular flexibility index (Phi) is 6.34. The Morgan fingerprint density at radius 1 is 1.33 bits per heavy atom. The van der Waals surface area contributed by atoms with Crippen LogP contribution in [-0.4, -0.2) is 51.3 Å². The Hall–Kier alpha value is -0.120. The minimum Gasteiger partial charge on any atom is -0.380 e. The summed E-state index contributed by atoms with van der Waals surface area (Å²) >= 11 is 0. The van der Waals surface area contributed by atoms with Gasteiger partial charge in [-0.25, -0.2) is 0 Å². The van der Waals surface area contributed by atoms with Crippen LogP contribution in [0.1, 0.15) is 13.8 Å². The number of rotatable bonds is 6. The number of hydrogen-bond donors (Lipinski definition) is 1. The number of ether oxygens (including phenoxy) is 1. The Balaban J connectivity index is 3.36. The molecular weight excluding hydrogens is 152 g/mol. The first kappa shape index (κ1) is 11.9. The maximum Gasteiger partial charge on any atom is 0.0667 e. The lowest BCUT2D eigenvalue weighted by molar-refractivity contribution is 0.113. The zero-order chi connectivity index (χ0) is 9.56. The molecule has 3 heteroatoms. The van der Waals surface area contributed by atoms with Crippen molar-refractivity contribution < 1.29 is 4.74 Å². The summed E-state index contributed by atoms with van der Waals surface area (Å²) < 4.78 is 5.13. The second-order valence-electron chi connectivity index (χ2n) is 3.62. The average molecular weight is 174 g/mol. The molecule has 0 fully saturated rings. The SMILES string of the molecule is COC(C)CNC(C)CN(C)C. The highest BCUT2D eigenvalue weighted by molar-refractivity contribution is 4.65. The van der Waals surface area contributed by atoms with Crippen molar-refractivity contribution in [2.45, 2.75) is 26.0 Å². The molecular formula is C9H22N2O. The highest BCUT2D eigenvalue weighted by atomic mass is 16.5. The summed E-state index contributed by atoms with van der Waals surface area (Å²) in [5.41, 5.74) is 0. The van der Waals surface area contributed by atoms with Gasteiger partial charge in [0.1, 0.15) is 0 Å². The van der Waals surface area contributed by atoms with Crippen molar-refractivity contribution in [3.8, 4) is 0 Å². The highest BCUT2D eigenvalue weighted by Gasteiger charge is 2.04. The maximum absolute atomic E-state index is 5.13. The van der Waals surface area contributed by atoms with Crippen molar-refractivity contribution in [3.63, 3.8) is 0 Å². The smallest absolute Gasteiger partial charge is 0.0667 e. The standard InChI is InChI=1S/C9H22N2O/c1-8(7-11(3)4)10-6-9(2)12-5/h8-10H,6-7H2,1-5H3. The summed E-state index contributed by atoms with van der Waals surface area (Å²) in [5, 5.41) is 3.40. The fraction of sp³-hybridized carbons (Fsp3) is 1.00. The lowest BCUT2D eigenvalue weighted by atomic mass is 10.3. The van der Waals surface area contributed by atoms with E-state index in [0.29, 0.717) is 12.1 Å². The van der Waals surface area contributed by atoms with Crippen molar-refractivity contribution in [2.24, 2.45) is 0 Å². The van der Waals surface area contributed by atoms with Crippen molar-refractivity contribution >= 4 is 0 Å². The third-order valence-electron chi connectivity index (χ3n) is 1.80. The predicted molar refractivity (Wildman–Crippen MR) is 52.5 cm³/mol. The van der Waals surface area contributed by atoms with E-state index in [4.69, 9.17) is 4.74 Å². The van der Waals surface area contributed by atoms with E-state index in [1.54, 1.807) is 7.11 Å². The summed E-state index contributed by atoms with van der Waals surface area (Å²) in [6.45, 7) is 6.24. The van der Waals surface area contributed by atoms with E-state index < -0.39 is 0 Å². The van der Waals surface area contributed by atoms with Crippen LogP contribution in [0.2, 0.25) is 0 Å². The molecule has 0 aromatic rings. The minimum atomic E-state index is 0.301. The number of nitrogens with one attached hydrogen (secondary N) is 1. The van der Waals surface area contributed by atoms with E-state index in [0.717, 1.165) is 13.1 Å². The van der Waals surface area contributed by atoms with Gasteiger partial charge in [-0.1, -0.05) is 0 Å². The van der Waals surface area contributed by atoms with Gasteiger partial charge in [0.2, 0.25) is 0 Å². The topological polar surface area (TPSA) is 24.5 Å². The second kappa shape index (κ2) is 6.40. The minimum absolute atomic E-state index is 0.301. The quantitative estimate of drug-likeness (QED) is 0.637. The molecule has 0 aliphatic carbocycles. The normalized spacial score (nSPS) is 16.5. The molecule has 0 saturated heterocycles. The van der Waals surface area contributed by atoms with Crippen LogP contribution in [0.15, 0.2) is 0 Å². The van der Waals surface area contributed by atoms with Crippen LogP contribution >= 0.6 is 0 Å². The molecule has 2 atom stereocenters. The van der Waals surface area contributed by atoms with Gasteiger partial charge in [0, 0.05) is 26.2 Å². The summed E-state index contributed by atoms with van der Waals surface area (Å²) in [5.74, 6) is 0. The molecule has 2 unspecified atom stereocenters. The summed E-state index contributed by atoms with van der Waals surface area (Å²) in [4.78, 5) is 2.18. The predicted octanol–water partition coefficient (Wildman–Crippen LogP) is 0.561. The van der Waals surface area contributed by atoms with E-state index in [1.807, 2.05) is 0 Å². The molecule has 0 aliphatic heterocycles. The third kappa shape index (κ3) is 6.58. The molecule has 3 nitrogen and oxygen atoms in total. The summed E-state index contributed by atoms with van der Waals surface area (Å²) in [6, 6.07) is 0.526. The van der Waals surface area contributed by atoms with Crippen molar-refractivity contribution in [3.05, 3.63) is 0 Å². The first-order chi connectivity index (χ1) is 5.56. The van der Waals surface area contributed by atoms with E-state index in [9.17, 15) is 0 Å². The molecule has 0 aliphatic rings. The molecule has 0 radical (unpaired) electrons. The van der Waals surface area contributed by atoms with Crippen molar-refractivity contribution in [2.75, 3.05) is 34.3 Å². The Labute approximate surface area is 76.1 Å². The Morgan fingerprint density at radius 3 is 2.33 bits per heavy atom. The van der Waals surface area contributed by atoms with Gasteiger partial charge in [0.05, 0.1) is 6.10 Å². The third-order valence-corrected chi connectivity index (χ3v) is 1.80. The first-order valence-corrected chi connectivity index (χ1v) is 4.47. The molecule has 74 valence electrons. The molecule has 0 spiro atoms. The molecule has 0 saturated carbocycles. The van der Waals surface area contributed by atoms with Gasteiger partial charge < -0.3 is 15.0 Å². The fourth-order valence-electron chi connectivity index (χ4n) is 1.06. The lowest BCUT2D eigenvalue weighted by Crippen LogP contribution is -2.39. The molecule has 0 aromatic heterocycles. The molecule has 0 amide bonds. The maximum atomic E-state index is 5.13. The average Bonchev–Trinajstić information content (AvgIpc) is 1.99. The van der Waals surface area contributed by atoms with Crippen LogP contribution in [0.4, 0.5) is 0 Å². The molecule has 1 N–H and O–H groups in total. The van der Waals surface area contributed by atoms with Crippen LogP contribution in [0.3, 0.4) is 0 Å². The van der Waals surface area contributed by atoms with Crippen molar-refractivity contribution in [1.82, 2.24) is 10.2 Å². The van der Waals surface area contributed by atoms with E-state index in [2.05, 4.69) is 38.2 Å². The highest BCUT2D eigenvalue weighted by Crippen LogP contribution is 1.88. The number of nitrogens with zero attached hydrogens (tertiary/aromatic N) is 1. The van der Waals surface area contributed by atoms with Crippen molar-refractivity contribution in [1.29, 1.82) is 0 Å². The largest absolute Gasteiger partial charge is 0.380 e. The van der Waals surface area contributed by atoms with Crippen LogP contribution in [0, 0.1) is 0 Å². The molecule has 0 rings (SSSR count). The molecule has 12 heavy (non-hydrogen) atoms. The van der Waals surface area contributed by atoms with E-state index in [1.165, 1.54) is 0 Å². The number of methoxy groups -OCH3 is 1. The molecule has 0 aromatic carbocycles. The van der Waals surface area contributed by atoms with Crippen LogP contribution in [0.5, 0.6) is 0 Å². The monoisotopic (exact) mass is 174 g/mol. The number of hydrogen-bond acceptors (Lipinski definition) is 3. The zero-order valence-electron chi connectivity index (χ0n) is 8.92. The fourth-order valence-corrected chi connectivity index (χ4v) is 1.06. The van der Waals surface area contributed by atoms with Gasteiger partial charge in [-0.05, 0) is 27.9 Å². The van der Waals surface area contributed by atoms with E-state index in [-0.39, 0.29) is 0 Å². The van der Waals surface area contributed by atoms with Gasteiger partial charge >= 0.3 is 0 Å². The second-order valence-corrected chi connectivity index (χ2v) is 3.62. The zero-order valence-corrected chi connectivity index (χ0v) is 8.92. The van der Waals surface area contributed by atoms with Gasteiger partial charge in [-0.15, -0.1) is 0 Å². The first-order valence-electron chi connectivity index (χ1n) is 4.47. The van der Waals surface area contributed by atoms with Crippen LogP contribution in [0.25, 0.3) is 0 Å². The Bertz CT molecular complexity index is 107.